The standard InChI is InChI=1S/C17H21F2N5O2S/c1-12-20-16(22(2)3)11-17(21-12)23-6-8-24(9-7-23)27(25,26)15-5-4-13(18)10-14(15)19/h4-5,10-11H,6-9H2,1-3H3. The largest absolute Gasteiger partial charge is 0.363 e. The number of piperazine rings is 1. The van der Waals surface area contributed by atoms with Crippen molar-refractivity contribution in [2.75, 3.05) is 50.1 Å². The number of anilines is 2. The number of nitrogens with zero attached hydrogens (tertiary/aromatic N) is 5. The summed E-state index contributed by atoms with van der Waals surface area (Å²) in [4.78, 5) is 12.1. The van der Waals surface area contributed by atoms with Crippen LogP contribution in [0, 0.1) is 18.6 Å². The Balaban J connectivity index is 1.77. The third kappa shape index (κ3) is 4.01. The molecule has 0 unspecified atom stereocenters. The lowest BCUT2D eigenvalue weighted by Gasteiger charge is -2.35. The molecule has 0 atom stereocenters. The van der Waals surface area contributed by atoms with E-state index in [1.807, 2.05) is 30.0 Å². The minimum atomic E-state index is -4.02. The number of aryl methyl sites for hydroxylation is 1. The summed E-state index contributed by atoms with van der Waals surface area (Å²) < 4.78 is 53.6. The molecule has 7 nitrogen and oxygen atoms in total. The van der Waals surface area contributed by atoms with Gasteiger partial charge in [-0.2, -0.15) is 4.31 Å². The van der Waals surface area contributed by atoms with Crippen molar-refractivity contribution in [1.29, 1.82) is 0 Å². The van der Waals surface area contributed by atoms with Gasteiger partial charge >= 0.3 is 0 Å². The van der Waals surface area contributed by atoms with E-state index >= 15 is 0 Å². The summed E-state index contributed by atoms with van der Waals surface area (Å²) in [7, 11) is -0.256. The van der Waals surface area contributed by atoms with Gasteiger partial charge in [0.2, 0.25) is 10.0 Å². The Bertz CT molecular complexity index is 944. The Morgan fingerprint density at radius 1 is 1.04 bits per heavy atom. The topological polar surface area (TPSA) is 69.6 Å². The van der Waals surface area contributed by atoms with Crippen molar-refractivity contribution >= 4 is 21.7 Å². The molecule has 1 aromatic heterocycles. The molecule has 27 heavy (non-hydrogen) atoms. The van der Waals surface area contributed by atoms with Crippen LogP contribution < -0.4 is 9.80 Å². The van der Waals surface area contributed by atoms with E-state index in [9.17, 15) is 17.2 Å². The lowest BCUT2D eigenvalue weighted by Crippen LogP contribution is -2.49. The van der Waals surface area contributed by atoms with E-state index in [0.29, 0.717) is 25.0 Å². The number of benzene rings is 1. The first-order chi connectivity index (χ1) is 12.7. The lowest BCUT2D eigenvalue weighted by molar-refractivity contribution is 0.381. The highest BCUT2D eigenvalue weighted by atomic mass is 32.2. The van der Waals surface area contributed by atoms with Gasteiger partial charge in [-0.15, -0.1) is 0 Å². The van der Waals surface area contributed by atoms with Gasteiger partial charge in [0.1, 0.15) is 34.0 Å². The monoisotopic (exact) mass is 397 g/mol. The maximum Gasteiger partial charge on any atom is 0.246 e. The van der Waals surface area contributed by atoms with Crippen LogP contribution in [0.4, 0.5) is 20.4 Å². The fourth-order valence-corrected chi connectivity index (χ4v) is 4.38. The molecular weight excluding hydrogens is 376 g/mol. The van der Waals surface area contributed by atoms with Gasteiger partial charge in [-0.05, 0) is 19.1 Å². The SMILES string of the molecule is Cc1nc(N(C)C)cc(N2CCN(S(=O)(=O)c3ccc(F)cc3F)CC2)n1. The first kappa shape index (κ1) is 19.4. The average Bonchev–Trinajstić information content (AvgIpc) is 2.61. The predicted octanol–water partition coefficient (Wildman–Crippen LogP) is 1.64. The number of rotatable bonds is 4. The van der Waals surface area contributed by atoms with Gasteiger partial charge < -0.3 is 9.80 Å². The molecule has 1 aliphatic heterocycles. The molecule has 0 amide bonds. The van der Waals surface area contributed by atoms with Crippen molar-refractivity contribution < 1.29 is 17.2 Å². The third-order valence-corrected chi connectivity index (χ3v) is 6.28. The molecule has 0 spiro atoms. The Labute approximate surface area is 157 Å². The molecular formula is C17H21F2N5O2S. The first-order valence-electron chi connectivity index (χ1n) is 8.41. The maximum absolute atomic E-state index is 13.9. The van der Waals surface area contributed by atoms with Crippen LogP contribution in [0.2, 0.25) is 0 Å². The molecule has 1 aliphatic rings. The molecule has 146 valence electrons. The molecule has 0 radical (unpaired) electrons. The van der Waals surface area contributed by atoms with Crippen LogP contribution in [0.1, 0.15) is 5.82 Å². The molecule has 0 bridgehead atoms. The van der Waals surface area contributed by atoms with Crippen LogP contribution in [-0.2, 0) is 10.0 Å². The second kappa shape index (κ2) is 7.35. The van der Waals surface area contributed by atoms with Crippen molar-refractivity contribution in [3.05, 3.63) is 41.7 Å². The Kier molecular flexibility index (Phi) is 5.29. The molecule has 2 aromatic rings. The summed E-state index contributed by atoms with van der Waals surface area (Å²) in [5.74, 6) is 0.211. The fraction of sp³-hybridized carbons (Fsp3) is 0.412. The number of hydrogen-bond acceptors (Lipinski definition) is 6. The minimum absolute atomic E-state index is 0.180. The normalized spacial score (nSPS) is 15.8. The Morgan fingerprint density at radius 3 is 2.30 bits per heavy atom. The summed E-state index contributed by atoms with van der Waals surface area (Å²) in [6.07, 6.45) is 0. The number of hydrogen-bond donors (Lipinski definition) is 0. The van der Waals surface area contributed by atoms with Gasteiger partial charge in [0.25, 0.3) is 0 Å². The zero-order valence-corrected chi connectivity index (χ0v) is 16.2. The summed E-state index contributed by atoms with van der Waals surface area (Å²) in [6.45, 7) is 2.98. The van der Waals surface area contributed by atoms with Crippen LogP contribution in [-0.4, -0.2) is 63.0 Å². The first-order valence-corrected chi connectivity index (χ1v) is 9.85. The highest BCUT2D eigenvalue weighted by molar-refractivity contribution is 7.89. The fourth-order valence-electron chi connectivity index (χ4n) is 2.91. The van der Waals surface area contributed by atoms with Crippen LogP contribution >= 0.6 is 0 Å². The Hall–Kier alpha value is -2.33. The zero-order chi connectivity index (χ0) is 19.8. The van der Waals surface area contributed by atoms with Crippen LogP contribution in [0.3, 0.4) is 0 Å². The van der Waals surface area contributed by atoms with Gasteiger partial charge in [-0.3, -0.25) is 0 Å². The molecule has 1 aromatic carbocycles. The zero-order valence-electron chi connectivity index (χ0n) is 15.4. The Morgan fingerprint density at radius 2 is 1.70 bits per heavy atom. The highest BCUT2D eigenvalue weighted by Crippen LogP contribution is 2.24. The van der Waals surface area contributed by atoms with Gasteiger partial charge in [0.15, 0.2) is 0 Å². The second-order valence-electron chi connectivity index (χ2n) is 6.49. The number of sulfonamides is 1. The summed E-state index contributed by atoms with van der Waals surface area (Å²) >= 11 is 0. The number of aromatic nitrogens is 2. The van der Waals surface area contributed by atoms with Crippen molar-refractivity contribution in [2.45, 2.75) is 11.8 Å². The molecule has 3 rings (SSSR count). The maximum atomic E-state index is 13.9. The van der Waals surface area contributed by atoms with E-state index in [-0.39, 0.29) is 13.1 Å². The van der Waals surface area contributed by atoms with Gasteiger partial charge in [0.05, 0.1) is 0 Å². The molecule has 0 saturated carbocycles. The molecule has 2 heterocycles. The van der Waals surface area contributed by atoms with E-state index in [1.54, 1.807) is 6.92 Å². The van der Waals surface area contributed by atoms with Crippen molar-refractivity contribution in [1.82, 2.24) is 14.3 Å². The van der Waals surface area contributed by atoms with E-state index in [4.69, 9.17) is 0 Å². The third-order valence-electron chi connectivity index (χ3n) is 4.34. The summed E-state index contributed by atoms with van der Waals surface area (Å²) in [6, 6.07) is 4.33. The number of halogens is 2. The molecule has 1 saturated heterocycles. The molecule has 1 fully saturated rings. The van der Waals surface area contributed by atoms with E-state index in [1.165, 1.54) is 4.31 Å². The smallest absolute Gasteiger partial charge is 0.246 e. The van der Waals surface area contributed by atoms with Crippen LogP contribution in [0.25, 0.3) is 0 Å². The van der Waals surface area contributed by atoms with Gasteiger partial charge in [-0.25, -0.2) is 27.2 Å². The van der Waals surface area contributed by atoms with E-state index in [0.717, 1.165) is 23.8 Å². The van der Waals surface area contributed by atoms with Crippen molar-refractivity contribution in [3.8, 4) is 0 Å². The average molecular weight is 397 g/mol. The predicted molar refractivity (Wildman–Crippen MR) is 98.4 cm³/mol. The summed E-state index contributed by atoms with van der Waals surface area (Å²) in [5.41, 5.74) is 0. The van der Waals surface area contributed by atoms with Gasteiger partial charge in [-0.1, -0.05) is 0 Å². The molecule has 0 aliphatic carbocycles. The van der Waals surface area contributed by atoms with Crippen molar-refractivity contribution in [3.63, 3.8) is 0 Å². The van der Waals surface area contributed by atoms with Crippen molar-refractivity contribution in [2.24, 2.45) is 0 Å². The van der Waals surface area contributed by atoms with E-state index < -0.39 is 26.6 Å². The molecule has 10 heteroatoms. The highest BCUT2D eigenvalue weighted by Gasteiger charge is 2.31. The quantitative estimate of drug-likeness (QED) is 0.781. The van der Waals surface area contributed by atoms with Gasteiger partial charge in [0, 0.05) is 52.4 Å². The van der Waals surface area contributed by atoms with E-state index in [2.05, 4.69) is 9.97 Å². The van der Waals surface area contributed by atoms with Crippen LogP contribution in [0.15, 0.2) is 29.2 Å². The summed E-state index contributed by atoms with van der Waals surface area (Å²) in [5, 5.41) is 0. The second-order valence-corrected chi connectivity index (χ2v) is 8.40. The minimum Gasteiger partial charge on any atom is -0.363 e. The molecule has 0 N–H and O–H groups in total. The lowest BCUT2D eigenvalue weighted by atomic mass is 10.3. The van der Waals surface area contributed by atoms with Crippen LogP contribution in [0.5, 0.6) is 0 Å².